The second-order valence-electron chi connectivity index (χ2n) is 3.21. The maximum Gasteiger partial charge on any atom is 0.270 e. The Bertz CT molecular complexity index is 393. The van der Waals surface area contributed by atoms with Crippen molar-refractivity contribution in [2.75, 3.05) is 13.1 Å². The van der Waals surface area contributed by atoms with E-state index in [9.17, 15) is 14.9 Å². The first-order chi connectivity index (χ1) is 7.65. The number of hydrogen-bond donors (Lipinski definition) is 2. The first-order valence-electron chi connectivity index (χ1n) is 4.88. The molecule has 0 aromatic heterocycles. The van der Waals surface area contributed by atoms with Crippen LogP contribution in [0.25, 0.3) is 0 Å². The molecule has 0 fully saturated rings. The Morgan fingerprint density at radius 3 is 2.88 bits per heavy atom. The van der Waals surface area contributed by atoms with Crippen molar-refractivity contribution in [2.24, 2.45) is 5.73 Å². The van der Waals surface area contributed by atoms with Crippen LogP contribution in [-0.2, 0) is 0 Å². The molecule has 1 rings (SSSR count). The minimum atomic E-state index is -0.531. The molecule has 0 saturated carbocycles. The van der Waals surface area contributed by atoms with Crippen LogP contribution < -0.4 is 11.1 Å². The van der Waals surface area contributed by atoms with Gasteiger partial charge in [-0.15, -0.1) is 0 Å². The summed E-state index contributed by atoms with van der Waals surface area (Å²) in [5.74, 6) is -0.322. The summed E-state index contributed by atoms with van der Waals surface area (Å²) in [6, 6.07) is 5.61. The Balaban J connectivity index is 2.68. The summed E-state index contributed by atoms with van der Waals surface area (Å²) in [7, 11) is 0. The summed E-state index contributed by atoms with van der Waals surface area (Å²) in [5.41, 5.74) is 5.47. The number of hydrogen-bond acceptors (Lipinski definition) is 4. The Morgan fingerprint density at radius 1 is 1.50 bits per heavy atom. The maximum absolute atomic E-state index is 11.5. The van der Waals surface area contributed by atoms with E-state index in [0.717, 1.165) is 0 Å². The molecule has 0 aliphatic heterocycles. The highest BCUT2D eigenvalue weighted by atomic mass is 16.6. The van der Waals surface area contributed by atoms with Gasteiger partial charge in [0.05, 0.1) is 4.92 Å². The van der Waals surface area contributed by atoms with E-state index in [0.29, 0.717) is 19.5 Å². The van der Waals surface area contributed by atoms with Crippen LogP contribution in [0.1, 0.15) is 16.8 Å². The Kier molecular flexibility index (Phi) is 4.41. The van der Waals surface area contributed by atoms with Crippen molar-refractivity contribution in [3.8, 4) is 0 Å². The smallest absolute Gasteiger partial charge is 0.270 e. The maximum atomic E-state index is 11.5. The highest BCUT2D eigenvalue weighted by molar-refractivity contribution is 5.94. The van der Waals surface area contributed by atoms with Crippen molar-refractivity contribution in [2.45, 2.75) is 6.42 Å². The molecule has 3 N–H and O–H groups in total. The number of carbonyl (C=O) groups excluding carboxylic acids is 1. The molecule has 1 amide bonds. The molecule has 0 saturated heterocycles. The van der Waals surface area contributed by atoms with Crippen LogP contribution in [0.2, 0.25) is 0 Å². The molecule has 1 aromatic carbocycles. The van der Waals surface area contributed by atoms with Crippen molar-refractivity contribution in [3.63, 3.8) is 0 Å². The molecule has 1 aromatic rings. The lowest BCUT2D eigenvalue weighted by atomic mass is 10.2. The number of nitrogens with two attached hydrogens (primary N) is 1. The molecule has 0 radical (unpaired) electrons. The summed E-state index contributed by atoms with van der Waals surface area (Å²) >= 11 is 0. The lowest BCUT2D eigenvalue weighted by Crippen LogP contribution is -2.25. The van der Waals surface area contributed by atoms with Crippen molar-refractivity contribution in [3.05, 3.63) is 39.9 Å². The Labute approximate surface area is 92.6 Å². The SMILES string of the molecule is NCCCNC(=O)c1cccc([N+](=O)[O-])c1. The highest BCUT2D eigenvalue weighted by Gasteiger charge is 2.10. The highest BCUT2D eigenvalue weighted by Crippen LogP contribution is 2.12. The van der Waals surface area contributed by atoms with Gasteiger partial charge in [0.25, 0.3) is 11.6 Å². The Morgan fingerprint density at radius 2 is 2.25 bits per heavy atom. The van der Waals surface area contributed by atoms with Crippen LogP contribution in [-0.4, -0.2) is 23.9 Å². The van der Waals surface area contributed by atoms with Gasteiger partial charge in [-0.1, -0.05) is 6.07 Å². The van der Waals surface area contributed by atoms with Gasteiger partial charge in [0.15, 0.2) is 0 Å². The zero-order valence-electron chi connectivity index (χ0n) is 8.68. The number of nitrogens with zero attached hydrogens (tertiary/aromatic N) is 1. The molecule has 0 aliphatic carbocycles. The normalized spacial score (nSPS) is 9.81. The average Bonchev–Trinajstić information content (AvgIpc) is 2.29. The van der Waals surface area contributed by atoms with Crippen molar-refractivity contribution in [1.29, 1.82) is 0 Å². The van der Waals surface area contributed by atoms with Crippen molar-refractivity contribution < 1.29 is 9.72 Å². The molecule has 16 heavy (non-hydrogen) atoms. The van der Waals surface area contributed by atoms with Crippen molar-refractivity contribution >= 4 is 11.6 Å². The minimum Gasteiger partial charge on any atom is -0.352 e. The van der Waals surface area contributed by atoms with Gasteiger partial charge in [-0.2, -0.15) is 0 Å². The number of non-ortho nitro benzene ring substituents is 1. The summed E-state index contributed by atoms with van der Waals surface area (Å²) in [6.07, 6.45) is 0.681. The number of rotatable bonds is 5. The van der Waals surface area contributed by atoms with Gasteiger partial charge in [0, 0.05) is 24.2 Å². The van der Waals surface area contributed by atoms with Crippen LogP contribution in [0, 0.1) is 10.1 Å². The van der Waals surface area contributed by atoms with E-state index in [4.69, 9.17) is 5.73 Å². The molecule has 86 valence electrons. The summed E-state index contributed by atoms with van der Waals surface area (Å²) in [6.45, 7) is 0.966. The minimum absolute atomic E-state index is 0.0912. The monoisotopic (exact) mass is 223 g/mol. The molecular weight excluding hydrogens is 210 g/mol. The third-order valence-electron chi connectivity index (χ3n) is 1.99. The fourth-order valence-electron chi connectivity index (χ4n) is 1.17. The number of nitro benzene ring substituents is 1. The van der Waals surface area contributed by atoms with Gasteiger partial charge in [-0.25, -0.2) is 0 Å². The molecule has 0 heterocycles. The van der Waals surface area contributed by atoms with Crippen LogP contribution in [0.4, 0.5) is 5.69 Å². The Hall–Kier alpha value is -1.95. The molecule has 0 atom stereocenters. The summed E-state index contributed by atoms with van der Waals surface area (Å²) in [5, 5.41) is 13.1. The van der Waals surface area contributed by atoms with Crippen LogP contribution >= 0.6 is 0 Å². The molecule has 0 aliphatic rings. The van der Waals surface area contributed by atoms with Gasteiger partial charge in [-0.3, -0.25) is 14.9 Å². The molecule has 0 bridgehead atoms. The second kappa shape index (κ2) is 5.82. The van der Waals surface area contributed by atoms with E-state index in [2.05, 4.69) is 5.32 Å². The number of nitro groups is 1. The number of nitrogens with one attached hydrogen (secondary N) is 1. The standard InChI is InChI=1S/C10H13N3O3/c11-5-2-6-12-10(14)8-3-1-4-9(7-8)13(15)16/h1,3-4,7H,2,5-6,11H2,(H,12,14). The van der Waals surface area contributed by atoms with Crippen molar-refractivity contribution in [1.82, 2.24) is 5.32 Å². The fourth-order valence-corrected chi connectivity index (χ4v) is 1.17. The quantitative estimate of drug-likeness (QED) is 0.435. The second-order valence-corrected chi connectivity index (χ2v) is 3.21. The summed E-state index contributed by atoms with van der Waals surface area (Å²) in [4.78, 5) is 21.5. The zero-order chi connectivity index (χ0) is 12.0. The third-order valence-corrected chi connectivity index (χ3v) is 1.99. The molecule has 6 nitrogen and oxygen atoms in total. The third kappa shape index (κ3) is 3.32. The van der Waals surface area contributed by atoms with E-state index >= 15 is 0 Å². The van der Waals surface area contributed by atoms with E-state index < -0.39 is 4.92 Å². The molecular formula is C10H13N3O3. The predicted octanol–water partition coefficient (Wildman–Crippen LogP) is 0.673. The fraction of sp³-hybridized carbons (Fsp3) is 0.300. The molecule has 6 heteroatoms. The van der Waals surface area contributed by atoms with Crippen LogP contribution in [0.3, 0.4) is 0 Å². The first-order valence-corrected chi connectivity index (χ1v) is 4.88. The van der Waals surface area contributed by atoms with E-state index in [1.807, 2.05) is 0 Å². The van der Waals surface area contributed by atoms with E-state index in [1.54, 1.807) is 0 Å². The average molecular weight is 223 g/mol. The van der Waals surface area contributed by atoms with Gasteiger partial charge >= 0.3 is 0 Å². The first kappa shape index (κ1) is 12.1. The number of amides is 1. The lowest BCUT2D eigenvalue weighted by Gasteiger charge is -2.03. The number of benzene rings is 1. The topological polar surface area (TPSA) is 98.3 Å². The predicted molar refractivity (Wildman–Crippen MR) is 59.1 cm³/mol. The molecule has 0 spiro atoms. The zero-order valence-corrected chi connectivity index (χ0v) is 8.68. The number of carbonyl (C=O) groups is 1. The summed E-state index contributed by atoms with van der Waals surface area (Å²) < 4.78 is 0. The van der Waals surface area contributed by atoms with Gasteiger partial charge in [-0.05, 0) is 19.0 Å². The largest absolute Gasteiger partial charge is 0.352 e. The van der Waals surface area contributed by atoms with Gasteiger partial charge < -0.3 is 11.1 Å². The van der Waals surface area contributed by atoms with Gasteiger partial charge in [0.1, 0.15) is 0 Å². The molecule has 0 unspecified atom stereocenters. The van der Waals surface area contributed by atoms with E-state index in [-0.39, 0.29) is 17.2 Å². The van der Waals surface area contributed by atoms with Crippen LogP contribution in [0.15, 0.2) is 24.3 Å². The van der Waals surface area contributed by atoms with Gasteiger partial charge in [0.2, 0.25) is 0 Å². The van der Waals surface area contributed by atoms with Crippen LogP contribution in [0.5, 0.6) is 0 Å². The lowest BCUT2D eigenvalue weighted by molar-refractivity contribution is -0.384. The van der Waals surface area contributed by atoms with E-state index in [1.165, 1.54) is 24.3 Å².